The van der Waals surface area contributed by atoms with Crippen molar-refractivity contribution in [2.24, 2.45) is 0 Å². The Labute approximate surface area is 114 Å². The molecular formula is C13H20N2O3S. The molecule has 106 valence electrons. The number of benzene rings is 1. The highest BCUT2D eigenvalue weighted by Crippen LogP contribution is 2.19. The summed E-state index contributed by atoms with van der Waals surface area (Å²) in [6.45, 7) is 1.02. The van der Waals surface area contributed by atoms with Crippen molar-refractivity contribution in [1.29, 1.82) is 0 Å². The Hall–Kier alpha value is -1.11. The third-order valence-corrected chi connectivity index (χ3v) is 5.18. The minimum Gasteiger partial charge on any atom is -0.399 e. The number of rotatable bonds is 4. The molecule has 1 unspecified atom stereocenters. The maximum Gasteiger partial charge on any atom is 0.218 e. The maximum atomic E-state index is 12.4. The largest absolute Gasteiger partial charge is 0.399 e. The minimum absolute atomic E-state index is 0.00404. The van der Waals surface area contributed by atoms with Crippen molar-refractivity contribution in [3.63, 3.8) is 0 Å². The van der Waals surface area contributed by atoms with Gasteiger partial charge in [0.25, 0.3) is 0 Å². The Morgan fingerprint density at radius 3 is 2.95 bits per heavy atom. The van der Waals surface area contributed by atoms with Crippen LogP contribution >= 0.6 is 0 Å². The molecule has 1 aromatic rings. The lowest BCUT2D eigenvalue weighted by Crippen LogP contribution is -2.43. The van der Waals surface area contributed by atoms with Crippen molar-refractivity contribution >= 4 is 15.7 Å². The first-order valence-corrected chi connectivity index (χ1v) is 7.97. The molecule has 1 aliphatic rings. The molecule has 1 atom stereocenters. The van der Waals surface area contributed by atoms with Crippen LogP contribution in [0.2, 0.25) is 0 Å². The predicted octanol–water partition coefficient (Wildman–Crippen LogP) is 1.21. The van der Waals surface area contributed by atoms with Crippen LogP contribution in [0.15, 0.2) is 24.3 Å². The quantitative estimate of drug-likeness (QED) is 0.844. The van der Waals surface area contributed by atoms with Gasteiger partial charge in [0.05, 0.1) is 11.9 Å². The van der Waals surface area contributed by atoms with Crippen molar-refractivity contribution in [2.45, 2.75) is 24.7 Å². The monoisotopic (exact) mass is 284 g/mol. The second kappa shape index (κ2) is 5.90. The molecule has 1 aromatic carbocycles. The van der Waals surface area contributed by atoms with Gasteiger partial charge >= 0.3 is 0 Å². The molecule has 1 fully saturated rings. The van der Waals surface area contributed by atoms with Crippen molar-refractivity contribution < 1.29 is 13.2 Å². The molecule has 2 N–H and O–H groups in total. The van der Waals surface area contributed by atoms with E-state index in [-0.39, 0.29) is 11.9 Å². The first-order chi connectivity index (χ1) is 9.01. The number of piperidine rings is 1. The van der Waals surface area contributed by atoms with E-state index in [0.29, 0.717) is 18.8 Å². The van der Waals surface area contributed by atoms with Gasteiger partial charge in [0.2, 0.25) is 10.0 Å². The molecular weight excluding hydrogens is 264 g/mol. The van der Waals surface area contributed by atoms with Gasteiger partial charge in [-0.25, -0.2) is 8.42 Å². The van der Waals surface area contributed by atoms with Gasteiger partial charge in [0, 0.05) is 25.9 Å². The van der Waals surface area contributed by atoms with E-state index < -0.39 is 10.0 Å². The zero-order valence-electron chi connectivity index (χ0n) is 11.1. The summed E-state index contributed by atoms with van der Waals surface area (Å²) in [7, 11) is -1.67. The summed E-state index contributed by atoms with van der Waals surface area (Å²) >= 11 is 0. The number of nitrogen functional groups attached to an aromatic ring is 1. The summed E-state index contributed by atoms with van der Waals surface area (Å²) in [6.07, 6.45) is 1.76. The number of hydrogen-bond donors (Lipinski definition) is 1. The zero-order valence-corrected chi connectivity index (χ0v) is 11.9. The van der Waals surface area contributed by atoms with Gasteiger partial charge < -0.3 is 10.5 Å². The average molecular weight is 284 g/mol. The van der Waals surface area contributed by atoms with Crippen molar-refractivity contribution in [3.8, 4) is 0 Å². The molecule has 0 aromatic heterocycles. The Kier molecular flexibility index (Phi) is 4.44. The van der Waals surface area contributed by atoms with E-state index in [1.54, 1.807) is 31.4 Å². The highest BCUT2D eigenvalue weighted by Gasteiger charge is 2.28. The molecule has 19 heavy (non-hydrogen) atoms. The molecule has 1 aliphatic heterocycles. The van der Waals surface area contributed by atoms with E-state index in [1.165, 1.54) is 4.31 Å². The number of nitrogens with zero attached hydrogens (tertiary/aromatic N) is 1. The number of anilines is 1. The Morgan fingerprint density at radius 2 is 2.26 bits per heavy atom. The van der Waals surface area contributed by atoms with Gasteiger partial charge in [-0.3, -0.25) is 0 Å². The highest BCUT2D eigenvalue weighted by atomic mass is 32.2. The van der Waals surface area contributed by atoms with E-state index in [4.69, 9.17) is 10.5 Å². The van der Waals surface area contributed by atoms with Crippen LogP contribution in [-0.4, -0.2) is 39.0 Å². The Morgan fingerprint density at radius 1 is 1.47 bits per heavy atom. The van der Waals surface area contributed by atoms with E-state index in [0.717, 1.165) is 18.4 Å². The molecule has 6 heteroatoms. The fraction of sp³-hybridized carbons (Fsp3) is 0.538. The van der Waals surface area contributed by atoms with Gasteiger partial charge in [0.1, 0.15) is 0 Å². The summed E-state index contributed by atoms with van der Waals surface area (Å²) in [5, 5.41) is 0. The summed E-state index contributed by atoms with van der Waals surface area (Å²) < 4.78 is 31.5. The fourth-order valence-corrected chi connectivity index (χ4v) is 3.92. The number of nitrogens with two attached hydrogens (primary N) is 1. The lowest BCUT2D eigenvalue weighted by Gasteiger charge is -2.31. The summed E-state index contributed by atoms with van der Waals surface area (Å²) in [5.74, 6) is -0.00548. The van der Waals surface area contributed by atoms with Gasteiger partial charge in [-0.05, 0) is 30.5 Å². The molecule has 1 saturated heterocycles. The predicted molar refractivity (Wildman–Crippen MR) is 75.1 cm³/mol. The number of ether oxygens (including phenoxy) is 1. The van der Waals surface area contributed by atoms with Crippen molar-refractivity contribution in [1.82, 2.24) is 4.31 Å². The molecule has 0 saturated carbocycles. The van der Waals surface area contributed by atoms with Gasteiger partial charge in [-0.1, -0.05) is 12.1 Å². The van der Waals surface area contributed by atoms with Crippen molar-refractivity contribution in [3.05, 3.63) is 29.8 Å². The normalized spacial score (nSPS) is 21.4. The molecule has 0 radical (unpaired) electrons. The van der Waals surface area contributed by atoms with E-state index >= 15 is 0 Å². The molecule has 0 bridgehead atoms. The van der Waals surface area contributed by atoms with E-state index in [1.807, 2.05) is 0 Å². The van der Waals surface area contributed by atoms with Crippen LogP contribution in [0.1, 0.15) is 18.4 Å². The number of hydrogen-bond acceptors (Lipinski definition) is 4. The Bertz CT molecular complexity index is 530. The molecule has 0 amide bonds. The highest BCUT2D eigenvalue weighted by molar-refractivity contribution is 7.88. The molecule has 0 aliphatic carbocycles. The van der Waals surface area contributed by atoms with E-state index in [9.17, 15) is 8.42 Å². The molecule has 0 spiro atoms. The van der Waals surface area contributed by atoms with Crippen LogP contribution in [0.4, 0.5) is 5.69 Å². The first kappa shape index (κ1) is 14.3. The van der Waals surface area contributed by atoms with E-state index in [2.05, 4.69) is 0 Å². The lowest BCUT2D eigenvalue weighted by molar-refractivity contribution is 0.0571. The second-order valence-corrected chi connectivity index (χ2v) is 6.83. The molecule has 1 heterocycles. The number of methoxy groups -OCH3 is 1. The Balaban J connectivity index is 2.09. The first-order valence-electron chi connectivity index (χ1n) is 6.36. The smallest absolute Gasteiger partial charge is 0.218 e. The van der Waals surface area contributed by atoms with Gasteiger partial charge in [-0.15, -0.1) is 0 Å². The summed E-state index contributed by atoms with van der Waals surface area (Å²) in [6, 6.07) is 7.01. The summed E-state index contributed by atoms with van der Waals surface area (Å²) in [5.41, 5.74) is 6.98. The van der Waals surface area contributed by atoms with Crippen LogP contribution in [0, 0.1) is 0 Å². The number of sulfonamides is 1. The average Bonchev–Trinajstić information content (AvgIpc) is 2.38. The maximum absolute atomic E-state index is 12.4. The summed E-state index contributed by atoms with van der Waals surface area (Å²) in [4.78, 5) is 0. The topological polar surface area (TPSA) is 72.6 Å². The van der Waals surface area contributed by atoms with Gasteiger partial charge in [-0.2, -0.15) is 4.31 Å². The third-order valence-electron chi connectivity index (χ3n) is 3.37. The van der Waals surface area contributed by atoms with Crippen LogP contribution in [0.5, 0.6) is 0 Å². The van der Waals surface area contributed by atoms with Crippen LogP contribution in [0.3, 0.4) is 0 Å². The molecule has 2 rings (SSSR count). The second-order valence-electron chi connectivity index (χ2n) is 4.86. The van der Waals surface area contributed by atoms with Crippen LogP contribution in [0.25, 0.3) is 0 Å². The van der Waals surface area contributed by atoms with Crippen LogP contribution < -0.4 is 5.73 Å². The SMILES string of the molecule is COC1CCCN(S(=O)(=O)Cc2cccc(N)c2)C1. The minimum atomic E-state index is -3.30. The molecule has 5 nitrogen and oxygen atoms in total. The third kappa shape index (κ3) is 3.68. The van der Waals surface area contributed by atoms with Crippen molar-refractivity contribution in [2.75, 3.05) is 25.9 Å². The van der Waals surface area contributed by atoms with Crippen LogP contribution in [-0.2, 0) is 20.5 Å². The van der Waals surface area contributed by atoms with Gasteiger partial charge in [0.15, 0.2) is 0 Å². The lowest BCUT2D eigenvalue weighted by atomic mass is 10.1. The standard InChI is InChI=1S/C13H20N2O3S/c1-18-13-6-3-7-15(9-13)19(16,17)10-11-4-2-5-12(14)8-11/h2,4-5,8,13H,3,6-7,9-10,14H2,1H3. The fourth-order valence-electron chi connectivity index (χ4n) is 2.33. The zero-order chi connectivity index (χ0) is 13.9.